The molecule has 0 amide bonds. The number of esters is 1. The maximum absolute atomic E-state index is 13.2. The summed E-state index contributed by atoms with van der Waals surface area (Å²) in [6.07, 6.45) is 1.71. The number of carbonyl (C=O) groups is 1. The van der Waals surface area contributed by atoms with E-state index in [1.54, 1.807) is 25.4 Å². The summed E-state index contributed by atoms with van der Waals surface area (Å²) in [6, 6.07) is 4.89. The Kier molecular flexibility index (Phi) is 6.60. The van der Waals surface area contributed by atoms with Crippen molar-refractivity contribution >= 4 is 18.0 Å². The molecular formula is C20H21F3N2O2. The minimum Gasteiger partial charge on any atom is -0.457 e. The first kappa shape index (κ1) is 20.5. The molecule has 7 heteroatoms. The molecule has 0 unspecified atom stereocenters. The molecule has 0 spiro atoms. The molecule has 0 atom stereocenters. The summed E-state index contributed by atoms with van der Waals surface area (Å²) in [4.78, 5) is 18.6. The molecule has 0 saturated heterocycles. The number of halogens is 3. The standard InChI is InChI=1S/C20H21F3N2O2/c1-5-25(4)11-24-18-7-6-15(12(2)13(18)3)20(26)27-10-14-8-16(21)19(23)17(22)9-14/h6-9,11H,5,10H2,1-4H3/b24-11+. The molecule has 2 aromatic carbocycles. The van der Waals surface area contributed by atoms with Crippen LogP contribution in [-0.4, -0.2) is 30.8 Å². The lowest BCUT2D eigenvalue weighted by Gasteiger charge is -2.12. The van der Waals surface area contributed by atoms with E-state index < -0.39 is 23.4 Å². The molecule has 2 aromatic rings. The van der Waals surface area contributed by atoms with Crippen molar-refractivity contribution in [3.63, 3.8) is 0 Å². The summed E-state index contributed by atoms with van der Waals surface area (Å²) in [5.74, 6) is -4.84. The van der Waals surface area contributed by atoms with Gasteiger partial charge in [0.25, 0.3) is 0 Å². The molecule has 0 aliphatic carbocycles. The molecule has 0 aliphatic rings. The first-order valence-electron chi connectivity index (χ1n) is 8.39. The van der Waals surface area contributed by atoms with Gasteiger partial charge in [0.2, 0.25) is 0 Å². The van der Waals surface area contributed by atoms with Gasteiger partial charge in [0.05, 0.1) is 17.6 Å². The van der Waals surface area contributed by atoms with E-state index in [0.717, 1.165) is 29.9 Å². The molecule has 0 bridgehead atoms. The van der Waals surface area contributed by atoms with Crippen LogP contribution >= 0.6 is 0 Å². The second kappa shape index (κ2) is 8.70. The molecule has 0 N–H and O–H groups in total. The first-order valence-corrected chi connectivity index (χ1v) is 8.39. The van der Waals surface area contributed by atoms with Crippen LogP contribution in [-0.2, 0) is 11.3 Å². The number of benzene rings is 2. The molecule has 2 rings (SSSR count). The normalized spacial score (nSPS) is 11.1. The van der Waals surface area contributed by atoms with Crippen molar-refractivity contribution in [1.82, 2.24) is 4.90 Å². The fourth-order valence-corrected chi connectivity index (χ4v) is 2.33. The van der Waals surface area contributed by atoms with Gasteiger partial charge in [-0.25, -0.2) is 23.0 Å². The molecule has 0 saturated carbocycles. The first-order chi connectivity index (χ1) is 12.7. The zero-order valence-electron chi connectivity index (χ0n) is 15.6. The predicted octanol–water partition coefficient (Wildman–Crippen LogP) is 4.69. The molecule has 4 nitrogen and oxygen atoms in total. The van der Waals surface area contributed by atoms with Crippen LogP contribution in [0.5, 0.6) is 0 Å². The Morgan fingerprint density at radius 1 is 1.15 bits per heavy atom. The molecule has 0 aromatic heterocycles. The Balaban J connectivity index is 2.15. The lowest BCUT2D eigenvalue weighted by atomic mass is 10.0. The molecular weight excluding hydrogens is 357 g/mol. The summed E-state index contributed by atoms with van der Waals surface area (Å²) in [6.45, 7) is 6.06. The van der Waals surface area contributed by atoms with Crippen molar-refractivity contribution < 1.29 is 22.7 Å². The number of hydrogen-bond donors (Lipinski definition) is 0. The fourth-order valence-electron chi connectivity index (χ4n) is 2.33. The summed E-state index contributed by atoms with van der Waals surface area (Å²) in [5, 5.41) is 0. The fraction of sp³-hybridized carbons (Fsp3) is 0.300. The number of rotatable bonds is 6. The van der Waals surface area contributed by atoms with Crippen molar-refractivity contribution in [2.75, 3.05) is 13.6 Å². The van der Waals surface area contributed by atoms with Gasteiger partial charge in [-0.2, -0.15) is 0 Å². The predicted molar refractivity (Wildman–Crippen MR) is 97.8 cm³/mol. The molecule has 0 heterocycles. The van der Waals surface area contributed by atoms with Gasteiger partial charge < -0.3 is 9.64 Å². The summed E-state index contributed by atoms with van der Waals surface area (Å²) < 4.78 is 44.5. The molecule has 27 heavy (non-hydrogen) atoms. The number of hydrogen-bond acceptors (Lipinski definition) is 3. The third-order valence-corrected chi connectivity index (χ3v) is 4.28. The van der Waals surface area contributed by atoms with Crippen LogP contribution in [0.25, 0.3) is 0 Å². The Labute approximate surface area is 156 Å². The second-order valence-electron chi connectivity index (χ2n) is 6.15. The Morgan fingerprint density at radius 2 is 1.78 bits per heavy atom. The number of nitrogens with zero attached hydrogens (tertiary/aromatic N) is 2. The Bertz CT molecular complexity index is 859. The van der Waals surface area contributed by atoms with Gasteiger partial charge in [0, 0.05) is 13.6 Å². The van der Waals surface area contributed by atoms with E-state index in [-0.39, 0.29) is 12.2 Å². The van der Waals surface area contributed by atoms with Crippen molar-refractivity contribution in [2.24, 2.45) is 4.99 Å². The smallest absolute Gasteiger partial charge is 0.338 e. The highest BCUT2D eigenvalue weighted by Gasteiger charge is 2.16. The van der Waals surface area contributed by atoms with E-state index in [9.17, 15) is 18.0 Å². The molecule has 0 radical (unpaired) electrons. The summed E-state index contributed by atoms with van der Waals surface area (Å²) in [5.41, 5.74) is 2.61. The molecule has 144 valence electrons. The zero-order chi connectivity index (χ0) is 20.1. The average Bonchev–Trinajstić information content (AvgIpc) is 2.64. The van der Waals surface area contributed by atoms with E-state index in [1.807, 2.05) is 25.8 Å². The third-order valence-electron chi connectivity index (χ3n) is 4.28. The Hall–Kier alpha value is -2.83. The SMILES string of the molecule is CCN(C)/C=N/c1ccc(C(=O)OCc2cc(F)c(F)c(F)c2)c(C)c1C. The van der Waals surface area contributed by atoms with E-state index in [1.165, 1.54) is 0 Å². The third kappa shape index (κ3) is 4.87. The Morgan fingerprint density at radius 3 is 2.37 bits per heavy atom. The topological polar surface area (TPSA) is 41.9 Å². The maximum Gasteiger partial charge on any atom is 0.338 e. The number of ether oxygens (including phenoxy) is 1. The largest absolute Gasteiger partial charge is 0.457 e. The number of carbonyl (C=O) groups excluding carboxylic acids is 1. The van der Waals surface area contributed by atoms with Gasteiger partial charge >= 0.3 is 5.97 Å². The second-order valence-corrected chi connectivity index (χ2v) is 6.15. The van der Waals surface area contributed by atoms with E-state index in [4.69, 9.17) is 4.74 Å². The van der Waals surface area contributed by atoms with E-state index >= 15 is 0 Å². The zero-order valence-corrected chi connectivity index (χ0v) is 15.6. The summed E-state index contributed by atoms with van der Waals surface area (Å²) >= 11 is 0. The monoisotopic (exact) mass is 378 g/mol. The summed E-state index contributed by atoms with van der Waals surface area (Å²) in [7, 11) is 1.90. The van der Waals surface area contributed by atoms with Crippen LogP contribution in [0.4, 0.5) is 18.9 Å². The van der Waals surface area contributed by atoms with Gasteiger partial charge in [-0.15, -0.1) is 0 Å². The lowest BCUT2D eigenvalue weighted by Crippen LogP contribution is -2.14. The van der Waals surface area contributed by atoms with Crippen LogP contribution in [0.1, 0.15) is 34.0 Å². The van der Waals surface area contributed by atoms with Crippen LogP contribution in [0, 0.1) is 31.3 Å². The minimum absolute atomic E-state index is 0.0259. The highest BCUT2D eigenvalue weighted by atomic mass is 19.2. The highest BCUT2D eigenvalue weighted by molar-refractivity contribution is 5.92. The van der Waals surface area contributed by atoms with E-state index in [2.05, 4.69) is 4.99 Å². The van der Waals surface area contributed by atoms with Crippen LogP contribution in [0.2, 0.25) is 0 Å². The van der Waals surface area contributed by atoms with Crippen LogP contribution < -0.4 is 0 Å². The van der Waals surface area contributed by atoms with Crippen LogP contribution in [0.15, 0.2) is 29.3 Å². The lowest BCUT2D eigenvalue weighted by molar-refractivity contribution is 0.0470. The van der Waals surface area contributed by atoms with Crippen molar-refractivity contribution in [1.29, 1.82) is 0 Å². The van der Waals surface area contributed by atoms with Gasteiger partial charge in [-0.3, -0.25) is 0 Å². The average molecular weight is 378 g/mol. The van der Waals surface area contributed by atoms with Gasteiger partial charge in [0.15, 0.2) is 17.5 Å². The van der Waals surface area contributed by atoms with Crippen molar-refractivity contribution in [3.05, 3.63) is 64.0 Å². The maximum atomic E-state index is 13.2. The van der Waals surface area contributed by atoms with Crippen molar-refractivity contribution in [2.45, 2.75) is 27.4 Å². The van der Waals surface area contributed by atoms with Crippen molar-refractivity contribution in [3.8, 4) is 0 Å². The van der Waals surface area contributed by atoms with Crippen LogP contribution in [0.3, 0.4) is 0 Å². The number of aliphatic imine (C=N–C) groups is 1. The molecule has 0 aliphatic heterocycles. The molecule has 0 fully saturated rings. The van der Waals surface area contributed by atoms with Gasteiger partial charge in [-0.1, -0.05) is 0 Å². The van der Waals surface area contributed by atoms with E-state index in [0.29, 0.717) is 11.1 Å². The van der Waals surface area contributed by atoms with Gasteiger partial charge in [0.1, 0.15) is 6.61 Å². The quantitative estimate of drug-likeness (QED) is 0.317. The highest BCUT2D eigenvalue weighted by Crippen LogP contribution is 2.25. The van der Waals surface area contributed by atoms with Gasteiger partial charge in [-0.05, 0) is 61.7 Å². The minimum atomic E-state index is -1.55.